The van der Waals surface area contributed by atoms with Crippen LogP contribution in [0.2, 0.25) is 0 Å². The number of Topliss-reactive ketones (excluding diaryl/α,β-unsaturated/α-hetero) is 2. The quantitative estimate of drug-likeness (QED) is 0.574. The zero-order valence-corrected chi connectivity index (χ0v) is 16.8. The summed E-state index contributed by atoms with van der Waals surface area (Å²) in [6.07, 6.45) is 0.378. The van der Waals surface area contributed by atoms with Crippen molar-refractivity contribution in [1.82, 2.24) is 0 Å². The molecule has 2 heteroatoms. The normalized spacial score (nSPS) is 15.0. The molecule has 0 fully saturated rings. The van der Waals surface area contributed by atoms with Gasteiger partial charge in [0.25, 0.3) is 0 Å². The molecule has 1 aliphatic rings. The van der Waals surface area contributed by atoms with Crippen LogP contribution in [0.15, 0.2) is 60.7 Å². The lowest BCUT2D eigenvalue weighted by molar-refractivity contribution is 0.0792. The Hall–Kier alpha value is -3.00. The van der Waals surface area contributed by atoms with E-state index >= 15 is 0 Å². The first-order valence-corrected chi connectivity index (χ1v) is 9.68. The van der Waals surface area contributed by atoms with E-state index in [0.717, 1.165) is 27.8 Å². The van der Waals surface area contributed by atoms with E-state index in [4.69, 9.17) is 0 Å². The largest absolute Gasteiger partial charge is 0.293 e. The summed E-state index contributed by atoms with van der Waals surface area (Å²) < 4.78 is 0. The second kappa shape index (κ2) is 6.56. The lowest BCUT2D eigenvalue weighted by atomic mass is 9.69. The molecule has 0 unspecified atom stereocenters. The summed E-state index contributed by atoms with van der Waals surface area (Å²) in [4.78, 5) is 27.5. The van der Waals surface area contributed by atoms with Gasteiger partial charge < -0.3 is 0 Å². The average Bonchev–Trinajstić information content (AvgIpc) is 2.93. The van der Waals surface area contributed by atoms with Gasteiger partial charge in [0.2, 0.25) is 0 Å². The Morgan fingerprint density at radius 3 is 1.79 bits per heavy atom. The maximum atomic E-state index is 13.8. The summed E-state index contributed by atoms with van der Waals surface area (Å²) in [7, 11) is 0. The molecule has 0 atom stereocenters. The zero-order valence-electron chi connectivity index (χ0n) is 16.8. The van der Waals surface area contributed by atoms with Gasteiger partial charge in [0.05, 0.1) is 0 Å². The van der Waals surface area contributed by atoms with Crippen LogP contribution < -0.4 is 0 Å². The first-order valence-electron chi connectivity index (χ1n) is 9.68. The van der Waals surface area contributed by atoms with E-state index in [1.807, 2.05) is 49.4 Å². The fourth-order valence-electron chi connectivity index (χ4n) is 4.50. The Kier molecular flexibility index (Phi) is 4.30. The van der Waals surface area contributed by atoms with Gasteiger partial charge in [-0.1, -0.05) is 60.7 Å². The molecule has 1 aliphatic carbocycles. The zero-order chi connectivity index (χ0) is 20.1. The number of hydrogen-bond acceptors (Lipinski definition) is 2. The summed E-state index contributed by atoms with van der Waals surface area (Å²) in [6.45, 7) is 8.26. The van der Waals surface area contributed by atoms with Crippen LogP contribution in [0.3, 0.4) is 0 Å². The van der Waals surface area contributed by atoms with Crippen LogP contribution in [0.5, 0.6) is 0 Å². The molecule has 0 aromatic heterocycles. The predicted molar refractivity (Wildman–Crippen MR) is 112 cm³/mol. The summed E-state index contributed by atoms with van der Waals surface area (Å²) >= 11 is 0. The molecule has 2 nitrogen and oxygen atoms in total. The molecule has 140 valence electrons. The molecule has 0 saturated carbocycles. The first kappa shape index (κ1) is 18.4. The average molecular weight is 368 g/mol. The van der Waals surface area contributed by atoms with Crippen LogP contribution in [0.25, 0.3) is 0 Å². The number of fused-ring (bicyclic) bond motifs is 1. The van der Waals surface area contributed by atoms with Gasteiger partial charge in [-0.15, -0.1) is 0 Å². The van der Waals surface area contributed by atoms with E-state index in [0.29, 0.717) is 17.5 Å². The second-order valence-corrected chi connectivity index (χ2v) is 7.89. The highest BCUT2D eigenvalue weighted by Gasteiger charge is 2.54. The molecule has 3 aromatic carbocycles. The molecule has 0 aliphatic heterocycles. The van der Waals surface area contributed by atoms with Crippen LogP contribution in [0.1, 0.15) is 54.1 Å². The number of aryl methyl sites for hydroxylation is 1. The molecular weight excluding hydrogens is 344 g/mol. The molecule has 0 amide bonds. The molecule has 4 rings (SSSR count). The van der Waals surface area contributed by atoms with Crippen molar-refractivity contribution in [2.45, 2.75) is 39.5 Å². The summed E-state index contributed by atoms with van der Waals surface area (Å²) in [5, 5.41) is 0. The van der Waals surface area contributed by atoms with E-state index in [1.165, 1.54) is 5.56 Å². The van der Waals surface area contributed by atoms with Crippen molar-refractivity contribution in [1.29, 1.82) is 0 Å². The highest BCUT2D eigenvalue weighted by molar-refractivity contribution is 6.33. The van der Waals surface area contributed by atoms with E-state index in [9.17, 15) is 9.59 Å². The monoisotopic (exact) mass is 368 g/mol. The third kappa shape index (κ3) is 2.48. The van der Waals surface area contributed by atoms with Crippen molar-refractivity contribution in [3.05, 3.63) is 105 Å². The van der Waals surface area contributed by atoms with Gasteiger partial charge in [0.1, 0.15) is 5.41 Å². The standard InChI is InChI=1S/C26H24O2/c1-16-14-23(19(4)18(3)17(16)2)26(15-20-10-6-5-7-11-20)24(27)21-12-8-9-13-22(21)25(26)28/h5-14H,15H2,1-4H3. The highest BCUT2D eigenvalue weighted by atomic mass is 16.2. The summed E-state index contributed by atoms with van der Waals surface area (Å²) in [5.41, 5.74) is 6.24. The maximum absolute atomic E-state index is 13.8. The van der Waals surface area contributed by atoms with Crippen molar-refractivity contribution in [3.63, 3.8) is 0 Å². The van der Waals surface area contributed by atoms with Gasteiger partial charge in [-0.05, 0) is 67.5 Å². The van der Waals surface area contributed by atoms with E-state index in [-0.39, 0.29) is 11.6 Å². The van der Waals surface area contributed by atoms with Gasteiger partial charge in [-0.2, -0.15) is 0 Å². The van der Waals surface area contributed by atoms with Crippen molar-refractivity contribution >= 4 is 11.6 Å². The maximum Gasteiger partial charge on any atom is 0.182 e. The smallest absolute Gasteiger partial charge is 0.182 e. The predicted octanol–water partition coefficient (Wildman–Crippen LogP) is 5.48. The van der Waals surface area contributed by atoms with Gasteiger partial charge >= 0.3 is 0 Å². The SMILES string of the molecule is Cc1cc(C2(Cc3ccccc3)C(=O)c3ccccc3C2=O)c(C)c(C)c1C. The summed E-state index contributed by atoms with van der Waals surface area (Å²) in [6, 6.07) is 19.1. The third-order valence-electron chi connectivity index (χ3n) is 6.44. The van der Waals surface area contributed by atoms with Crippen molar-refractivity contribution in [2.75, 3.05) is 0 Å². The molecule has 0 radical (unpaired) electrons. The number of ketones is 2. The molecule has 3 aromatic rings. The van der Waals surface area contributed by atoms with Gasteiger partial charge in [-0.25, -0.2) is 0 Å². The lowest BCUT2D eigenvalue weighted by Gasteiger charge is -2.30. The molecule has 0 heterocycles. The fourth-order valence-corrected chi connectivity index (χ4v) is 4.50. The Labute approximate surface area is 166 Å². The fraction of sp³-hybridized carbons (Fsp3) is 0.231. The van der Waals surface area contributed by atoms with E-state index < -0.39 is 5.41 Å². The highest BCUT2D eigenvalue weighted by Crippen LogP contribution is 2.44. The van der Waals surface area contributed by atoms with Crippen LogP contribution >= 0.6 is 0 Å². The van der Waals surface area contributed by atoms with E-state index in [1.54, 1.807) is 12.1 Å². The number of benzene rings is 3. The van der Waals surface area contributed by atoms with Crippen LogP contribution in [0.4, 0.5) is 0 Å². The van der Waals surface area contributed by atoms with Crippen molar-refractivity contribution in [3.8, 4) is 0 Å². The van der Waals surface area contributed by atoms with Crippen LogP contribution in [-0.2, 0) is 11.8 Å². The second-order valence-electron chi connectivity index (χ2n) is 7.89. The third-order valence-corrected chi connectivity index (χ3v) is 6.44. The van der Waals surface area contributed by atoms with E-state index in [2.05, 4.69) is 26.8 Å². The summed E-state index contributed by atoms with van der Waals surface area (Å²) in [5.74, 6) is -0.162. The lowest BCUT2D eigenvalue weighted by Crippen LogP contribution is -2.41. The molecule has 0 saturated heterocycles. The topological polar surface area (TPSA) is 34.1 Å². The number of carbonyl (C=O) groups is 2. The Balaban J connectivity index is 2.03. The molecule has 0 bridgehead atoms. The minimum atomic E-state index is -1.20. The Bertz CT molecular complexity index is 1070. The van der Waals surface area contributed by atoms with Crippen LogP contribution in [0, 0.1) is 27.7 Å². The minimum absolute atomic E-state index is 0.0808. The van der Waals surface area contributed by atoms with Crippen molar-refractivity contribution in [2.24, 2.45) is 0 Å². The molecular formula is C26H24O2. The molecule has 0 N–H and O–H groups in total. The van der Waals surface area contributed by atoms with Crippen LogP contribution in [-0.4, -0.2) is 11.6 Å². The van der Waals surface area contributed by atoms with Gasteiger partial charge in [-0.3, -0.25) is 9.59 Å². The number of rotatable bonds is 3. The van der Waals surface area contributed by atoms with Crippen molar-refractivity contribution < 1.29 is 9.59 Å². The minimum Gasteiger partial charge on any atom is -0.293 e. The Morgan fingerprint density at radius 2 is 1.21 bits per heavy atom. The molecule has 28 heavy (non-hydrogen) atoms. The number of hydrogen-bond donors (Lipinski definition) is 0. The first-order chi connectivity index (χ1) is 13.4. The van der Waals surface area contributed by atoms with Gasteiger partial charge in [0.15, 0.2) is 11.6 Å². The number of carbonyl (C=O) groups excluding carboxylic acids is 2. The van der Waals surface area contributed by atoms with Gasteiger partial charge in [0, 0.05) is 11.1 Å². The molecule has 0 spiro atoms. The Morgan fingerprint density at radius 1 is 0.679 bits per heavy atom.